The van der Waals surface area contributed by atoms with E-state index in [-0.39, 0.29) is 6.47 Å². The Labute approximate surface area is 172 Å². The molecule has 1 aliphatic rings. The van der Waals surface area contributed by atoms with Crippen molar-refractivity contribution in [3.05, 3.63) is 47.4 Å². The molecule has 29 heavy (non-hydrogen) atoms. The molecule has 0 saturated heterocycles. The fraction of sp³-hybridized carbons (Fsp3) is 0.435. The van der Waals surface area contributed by atoms with Crippen molar-refractivity contribution in [2.24, 2.45) is 0 Å². The second-order valence-corrected chi connectivity index (χ2v) is 7.58. The molecule has 2 aromatic heterocycles. The first kappa shape index (κ1) is 20.8. The average Bonchev–Trinajstić information content (AvgIpc) is 3.07. The standard InChI is InChI=1S/C22H28N4.CH2O2/c1-4-10-15(2)19-16(3)23-22-21(26-14-9-8-13-18(26)25-22)20(19)24-17-11-6-5-7-12-17;2-1-3/h5-7,11-12,15H,4,8-10,13-14H2,1-3H3,(H,23,24);1H,(H,2,3). The van der Waals surface area contributed by atoms with E-state index in [2.05, 4.69) is 61.0 Å². The number of nitrogens with one attached hydrogen (secondary N) is 1. The Kier molecular flexibility index (Phi) is 6.86. The van der Waals surface area contributed by atoms with E-state index in [0.29, 0.717) is 5.92 Å². The molecule has 4 rings (SSSR count). The SMILES string of the molecule is CCCC(C)c1c(C)nc2nc3n(c2c1Nc1ccccc1)CCCC3.O=CO. The number of fused-ring (bicyclic) bond motifs is 3. The smallest absolute Gasteiger partial charge is 0.290 e. The number of pyridine rings is 1. The number of anilines is 2. The van der Waals surface area contributed by atoms with Gasteiger partial charge in [0.2, 0.25) is 0 Å². The van der Waals surface area contributed by atoms with Gasteiger partial charge in [0.1, 0.15) is 11.3 Å². The van der Waals surface area contributed by atoms with Crippen LogP contribution in [-0.2, 0) is 17.8 Å². The van der Waals surface area contributed by atoms with Gasteiger partial charge in [-0.25, -0.2) is 9.97 Å². The molecule has 3 heterocycles. The van der Waals surface area contributed by atoms with E-state index in [1.807, 2.05) is 0 Å². The minimum atomic E-state index is -0.250. The lowest BCUT2D eigenvalue weighted by atomic mass is 9.93. The van der Waals surface area contributed by atoms with Crippen molar-refractivity contribution in [1.29, 1.82) is 0 Å². The highest BCUT2D eigenvalue weighted by atomic mass is 16.3. The molecule has 6 nitrogen and oxygen atoms in total. The molecule has 154 valence electrons. The molecule has 0 fully saturated rings. The monoisotopic (exact) mass is 394 g/mol. The summed E-state index contributed by atoms with van der Waals surface area (Å²) in [6.07, 6.45) is 5.84. The fourth-order valence-electron chi connectivity index (χ4n) is 4.30. The maximum absolute atomic E-state index is 8.36. The summed E-state index contributed by atoms with van der Waals surface area (Å²) >= 11 is 0. The molecule has 1 aliphatic heterocycles. The molecule has 0 bridgehead atoms. The molecule has 6 heteroatoms. The van der Waals surface area contributed by atoms with Gasteiger partial charge < -0.3 is 15.0 Å². The van der Waals surface area contributed by atoms with Gasteiger partial charge in [-0.05, 0) is 44.2 Å². The quantitative estimate of drug-likeness (QED) is 0.565. The predicted molar refractivity (Wildman–Crippen MR) is 117 cm³/mol. The third kappa shape index (κ3) is 4.42. The van der Waals surface area contributed by atoms with Crippen LogP contribution in [0.4, 0.5) is 11.4 Å². The first-order valence-electron chi connectivity index (χ1n) is 10.4. The van der Waals surface area contributed by atoms with Crippen molar-refractivity contribution in [3.63, 3.8) is 0 Å². The number of rotatable bonds is 5. The maximum atomic E-state index is 8.36. The summed E-state index contributed by atoms with van der Waals surface area (Å²) in [5, 5.41) is 10.6. The molecule has 0 radical (unpaired) electrons. The number of carbonyl (C=O) groups is 1. The van der Waals surface area contributed by atoms with Gasteiger partial charge in [0.25, 0.3) is 6.47 Å². The van der Waals surface area contributed by atoms with Crippen LogP contribution >= 0.6 is 0 Å². The van der Waals surface area contributed by atoms with Crippen LogP contribution in [0.3, 0.4) is 0 Å². The van der Waals surface area contributed by atoms with Crippen LogP contribution < -0.4 is 5.32 Å². The summed E-state index contributed by atoms with van der Waals surface area (Å²) in [5.41, 5.74) is 6.86. The van der Waals surface area contributed by atoms with Crippen molar-refractivity contribution < 1.29 is 9.90 Å². The van der Waals surface area contributed by atoms with Crippen LogP contribution in [0.1, 0.15) is 62.5 Å². The average molecular weight is 395 g/mol. The van der Waals surface area contributed by atoms with Crippen molar-refractivity contribution in [2.75, 3.05) is 5.32 Å². The van der Waals surface area contributed by atoms with Crippen molar-refractivity contribution in [3.8, 4) is 0 Å². The first-order valence-corrected chi connectivity index (χ1v) is 10.4. The number of para-hydroxylation sites is 1. The van der Waals surface area contributed by atoms with Gasteiger partial charge in [0, 0.05) is 29.9 Å². The summed E-state index contributed by atoms with van der Waals surface area (Å²) in [6, 6.07) is 10.5. The van der Waals surface area contributed by atoms with Gasteiger partial charge in [0.05, 0.1) is 5.69 Å². The first-order chi connectivity index (χ1) is 14.1. The third-order valence-electron chi connectivity index (χ3n) is 5.49. The minimum absolute atomic E-state index is 0.250. The molecule has 1 atom stereocenters. The van der Waals surface area contributed by atoms with Crippen LogP contribution in [0.2, 0.25) is 0 Å². The Morgan fingerprint density at radius 1 is 1.24 bits per heavy atom. The number of aromatic nitrogens is 3. The summed E-state index contributed by atoms with van der Waals surface area (Å²) in [4.78, 5) is 18.2. The Hall–Kier alpha value is -2.89. The van der Waals surface area contributed by atoms with Crippen LogP contribution in [0.15, 0.2) is 30.3 Å². The lowest BCUT2D eigenvalue weighted by molar-refractivity contribution is -0.122. The molecular weight excluding hydrogens is 364 g/mol. The number of hydrogen-bond acceptors (Lipinski definition) is 4. The topological polar surface area (TPSA) is 80.0 Å². The van der Waals surface area contributed by atoms with E-state index < -0.39 is 0 Å². The molecule has 0 spiro atoms. The second-order valence-electron chi connectivity index (χ2n) is 7.58. The zero-order chi connectivity index (χ0) is 20.8. The number of imidazole rings is 1. The van der Waals surface area contributed by atoms with Crippen molar-refractivity contribution in [2.45, 2.75) is 65.3 Å². The molecule has 1 aromatic carbocycles. The number of carboxylic acid groups (broad SMARTS) is 1. The van der Waals surface area contributed by atoms with E-state index in [1.54, 1.807) is 0 Å². The highest BCUT2D eigenvalue weighted by molar-refractivity contribution is 5.91. The molecule has 0 saturated carbocycles. The van der Waals surface area contributed by atoms with Gasteiger partial charge in [-0.1, -0.05) is 38.5 Å². The Morgan fingerprint density at radius 3 is 2.66 bits per heavy atom. The zero-order valence-electron chi connectivity index (χ0n) is 17.5. The normalized spacial score (nSPS) is 13.9. The number of benzene rings is 1. The molecular formula is C23H30N4O2. The maximum Gasteiger partial charge on any atom is 0.290 e. The van der Waals surface area contributed by atoms with Crippen molar-refractivity contribution in [1.82, 2.24) is 14.5 Å². The largest absolute Gasteiger partial charge is 0.483 e. The lowest BCUT2D eigenvalue weighted by Crippen LogP contribution is -2.12. The summed E-state index contributed by atoms with van der Waals surface area (Å²) in [7, 11) is 0. The molecule has 3 aromatic rings. The van der Waals surface area contributed by atoms with Gasteiger partial charge in [-0.15, -0.1) is 0 Å². The van der Waals surface area contributed by atoms with Crippen LogP contribution in [-0.4, -0.2) is 26.1 Å². The number of hydrogen-bond donors (Lipinski definition) is 2. The summed E-state index contributed by atoms with van der Waals surface area (Å²) in [6.45, 7) is 7.50. The Morgan fingerprint density at radius 2 is 1.97 bits per heavy atom. The number of nitrogens with zero attached hydrogens (tertiary/aromatic N) is 3. The summed E-state index contributed by atoms with van der Waals surface area (Å²) in [5.74, 6) is 1.66. The highest BCUT2D eigenvalue weighted by Gasteiger charge is 2.24. The minimum Gasteiger partial charge on any atom is -0.483 e. The van der Waals surface area contributed by atoms with E-state index >= 15 is 0 Å². The molecule has 2 N–H and O–H groups in total. The second kappa shape index (κ2) is 9.54. The van der Waals surface area contributed by atoms with Gasteiger partial charge in [0.15, 0.2) is 5.65 Å². The van der Waals surface area contributed by atoms with Gasteiger partial charge >= 0.3 is 0 Å². The Balaban J connectivity index is 0.000000755. The molecule has 0 aliphatic carbocycles. The molecule has 1 unspecified atom stereocenters. The fourth-order valence-corrected chi connectivity index (χ4v) is 4.30. The van der Waals surface area contributed by atoms with E-state index in [4.69, 9.17) is 19.9 Å². The number of aryl methyl sites for hydroxylation is 3. The van der Waals surface area contributed by atoms with E-state index in [9.17, 15) is 0 Å². The zero-order valence-corrected chi connectivity index (χ0v) is 17.5. The van der Waals surface area contributed by atoms with Gasteiger partial charge in [-0.3, -0.25) is 4.79 Å². The van der Waals surface area contributed by atoms with Crippen molar-refractivity contribution >= 4 is 29.0 Å². The highest BCUT2D eigenvalue weighted by Crippen LogP contribution is 2.38. The van der Waals surface area contributed by atoms with Crippen LogP contribution in [0.25, 0.3) is 11.2 Å². The van der Waals surface area contributed by atoms with Crippen LogP contribution in [0, 0.1) is 6.92 Å². The third-order valence-corrected chi connectivity index (χ3v) is 5.49. The summed E-state index contributed by atoms with van der Waals surface area (Å²) < 4.78 is 2.40. The predicted octanol–water partition coefficient (Wildman–Crippen LogP) is 5.42. The van der Waals surface area contributed by atoms with E-state index in [0.717, 1.165) is 30.0 Å². The van der Waals surface area contributed by atoms with Gasteiger partial charge in [-0.2, -0.15) is 0 Å². The molecule has 0 amide bonds. The van der Waals surface area contributed by atoms with E-state index in [1.165, 1.54) is 48.3 Å². The van der Waals surface area contributed by atoms with Crippen LogP contribution in [0.5, 0.6) is 0 Å². The Bertz CT molecular complexity index is 966. The lowest BCUT2D eigenvalue weighted by Gasteiger charge is -2.22.